The van der Waals surface area contributed by atoms with Crippen molar-refractivity contribution in [2.24, 2.45) is 0 Å². The van der Waals surface area contributed by atoms with Gasteiger partial charge in [-0.3, -0.25) is 4.55 Å². The van der Waals surface area contributed by atoms with E-state index in [0.29, 0.717) is 6.92 Å². The first-order chi connectivity index (χ1) is 12.4. The van der Waals surface area contributed by atoms with Gasteiger partial charge in [0.05, 0.1) is 11.3 Å². The molecular weight excluding hydrogens is 532 g/mol. The summed E-state index contributed by atoms with van der Waals surface area (Å²) in [5.41, 5.74) is -7.46. The van der Waals surface area contributed by atoms with Crippen LogP contribution in [0.4, 0.5) is 30.7 Å². The average molecular weight is 550 g/mol. The van der Waals surface area contributed by atoms with E-state index in [9.17, 15) is 39.2 Å². The summed E-state index contributed by atoms with van der Waals surface area (Å²) in [6.45, 7) is 1.61. The van der Waals surface area contributed by atoms with Crippen molar-refractivity contribution in [1.29, 1.82) is 0 Å². The second kappa shape index (κ2) is 7.89. The Morgan fingerprint density at radius 3 is 1.86 bits per heavy atom. The summed E-state index contributed by atoms with van der Waals surface area (Å²) in [5.74, 6) is -9.77. The Labute approximate surface area is 171 Å². The summed E-state index contributed by atoms with van der Waals surface area (Å²) < 4.78 is 121. The highest BCUT2D eigenvalue weighted by Gasteiger charge is 2.85. The highest BCUT2D eigenvalue weighted by Crippen LogP contribution is 2.66. The second-order valence-corrected chi connectivity index (χ2v) is 9.47. The van der Waals surface area contributed by atoms with Gasteiger partial charge in [-0.25, -0.2) is 22.0 Å². The van der Waals surface area contributed by atoms with E-state index in [-0.39, 0.29) is 33.9 Å². The molecule has 0 amide bonds. The molecule has 0 aromatic heterocycles. The molecule has 2 rings (SSSR count). The maximum atomic E-state index is 14.3. The molecule has 0 aliphatic heterocycles. The van der Waals surface area contributed by atoms with Crippen molar-refractivity contribution in [3.8, 4) is 0 Å². The van der Waals surface area contributed by atoms with Gasteiger partial charge in [-0.05, 0) is 48.1 Å². The normalized spacial score (nSPS) is 34.2. The lowest BCUT2D eigenvalue weighted by molar-refractivity contribution is -0.322. The molecule has 3 atom stereocenters. The lowest BCUT2D eigenvalue weighted by Gasteiger charge is -2.53. The number of alkyl halides is 8. The van der Waals surface area contributed by atoms with Crippen molar-refractivity contribution in [3.05, 3.63) is 30.3 Å². The smallest absolute Gasteiger partial charge is 0.282 e. The molecule has 0 spiro atoms. The summed E-state index contributed by atoms with van der Waals surface area (Å²) >= 11 is 0.185. The molecule has 28 heavy (non-hydrogen) atoms. The number of rotatable bonds is 3. The van der Waals surface area contributed by atoms with Crippen LogP contribution in [-0.2, 0) is 10.1 Å². The van der Waals surface area contributed by atoms with E-state index in [0.717, 1.165) is 0 Å². The fourth-order valence-electron chi connectivity index (χ4n) is 2.83. The summed E-state index contributed by atoms with van der Waals surface area (Å²) in [7, 11) is -4.00. The largest absolute Gasteiger partial charge is 0.332 e. The van der Waals surface area contributed by atoms with Crippen LogP contribution in [-0.4, -0.2) is 39.8 Å². The molecular formula is C16H18F7IO3S. The molecule has 0 saturated heterocycles. The standard InChI is InChI=1S/C10H12F7I.C6H6O3S/c1-3-4-7(12)6(2,11)5-8(13,14)10(17,18)9(7,15)16;7-10(8,9)6-4-2-1-3-5-6/h3-5H2,1-2H3;1-5H,(H,7,8,9). The molecule has 12 heteroatoms. The van der Waals surface area contributed by atoms with Crippen LogP contribution in [0.1, 0.15) is 33.1 Å². The van der Waals surface area contributed by atoms with Gasteiger partial charge >= 0.3 is 5.92 Å². The van der Waals surface area contributed by atoms with E-state index in [1.807, 2.05) is 0 Å². The Morgan fingerprint density at radius 1 is 1.04 bits per heavy atom. The minimum atomic E-state index is -5.12. The summed E-state index contributed by atoms with van der Waals surface area (Å²) in [4.78, 5) is -0.0741. The fraction of sp³-hybridized carbons (Fsp3) is 0.625. The SMILES string of the molecule is CCCC1(F)C(C)(F)CC(F)(F)C(F)(I)C1(F)F.O=S(=O)(O)c1ccccc1. The Hall–Kier alpha value is -0.630. The minimum Gasteiger partial charge on any atom is -0.282 e. The van der Waals surface area contributed by atoms with E-state index in [2.05, 4.69) is 0 Å². The van der Waals surface area contributed by atoms with E-state index in [1.54, 1.807) is 18.2 Å². The summed E-state index contributed by atoms with van der Waals surface area (Å²) in [5, 5.41) is 0. The highest BCUT2D eigenvalue weighted by atomic mass is 127. The first-order valence-electron chi connectivity index (χ1n) is 7.91. The van der Waals surface area contributed by atoms with Gasteiger partial charge < -0.3 is 0 Å². The first kappa shape index (κ1) is 25.4. The molecule has 3 unspecified atom stereocenters. The summed E-state index contributed by atoms with van der Waals surface area (Å²) in [6.07, 6.45) is -3.16. The van der Waals surface area contributed by atoms with Crippen molar-refractivity contribution in [2.75, 3.05) is 0 Å². The second-order valence-electron chi connectivity index (χ2n) is 6.57. The number of hydrogen-bond acceptors (Lipinski definition) is 2. The van der Waals surface area contributed by atoms with Crippen molar-refractivity contribution in [1.82, 2.24) is 0 Å². The molecule has 1 aliphatic rings. The zero-order chi connectivity index (χ0) is 22.2. The van der Waals surface area contributed by atoms with Gasteiger partial charge in [0.15, 0.2) is 5.67 Å². The third-order valence-corrected chi connectivity index (χ3v) is 6.70. The zero-order valence-electron chi connectivity index (χ0n) is 14.7. The van der Waals surface area contributed by atoms with Crippen LogP contribution in [0.5, 0.6) is 0 Å². The van der Waals surface area contributed by atoms with Gasteiger partial charge in [0.2, 0.25) is 5.67 Å². The average Bonchev–Trinajstić information content (AvgIpc) is 2.53. The van der Waals surface area contributed by atoms with E-state index >= 15 is 0 Å². The molecule has 1 aliphatic carbocycles. The maximum absolute atomic E-state index is 14.3. The third kappa shape index (κ3) is 4.27. The maximum Gasteiger partial charge on any atom is 0.332 e. The number of hydrogen-bond donors (Lipinski definition) is 1. The van der Waals surface area contributed by atoms with Crippen LogP contribution >= 0.6 is 22.6 Å². The molecule has 1 saturated carbocycles. The van der Waals surface area contributed by atoms with Crippen molar-refractivity contribution < 1.29 is 43.7 Å². The van der Waals surface area contributed by atoms with Crippen molar-refractivity contribution in [2.45, 2.75) is 64.9 Å². The van der Waals surface area contributed by atoms with Gasteiger partial charge in [-0.1, -0.05) is 31.5 Å². The fourth-order valence-corrected chi connectivity index (χ4v) is 3.95. The van der Waals surface area contributed by atoms with Gasteiger partial charge in [-0.15, -0.1) is 0 Å². The van der Waals surface area contributed by atoms with Gasteiger partial charge in [0.25, 0.3) is 19.7 Å². The number of benzene rings is 1. The molecule has 0 bridgehead atoms. The topological polar surface area (TPSA) is 54.4 Å². The Morgan fingerprint density at radius 2 is 1.50 bits per heavy atom. The van der Waals surface area contributed by atoms with Crippen LogP contribution < -0.4 is 0 Å². The molecule has 1 aromatic rings. The Balaban J connectivity index is 0.000000330. The van der Waals surface area contributed by atoms with Crippen LogP contribution in [0.3, 0.4) is 0 Å². The lowest BCUT2D eigenvalue weighted by atomic mass is 9.68. The van der Waals surface area contributed by atoms with E-state index < -0.39 is 49.8 Å². The minimum absolute atomic E-state index is 0.0741. The third-order valence-electron chi connectivity index (χ3n) is 4.37. The van der Waals surface area contributed by atoms with Crippen molar-refractivity contribution >= 4 is 32.7 Å². The highest BCUT2D eigenvalue weighted by molar-refractivity contribution is 14.1. The molecule has 3 nitrogen and oxygen atoms in total. The molecule has 162 valence electrons. The van der Waals surface area contributed by atoms with Gasteiger partial charge in [-0.2, -0.15) is 17.2 Å². The first-order valence-corrected chi connectivity index (χ1v) is 10.4. The zero-order valence-corrected chi connectivity index (χ0v) is 17.7. The van der Waals surface area contributed by atoms with Crippen LogP contribution in [0.15, 0.2) is 35.2 Å². The van der Waals surface area contributed by atoms with Crippen LogP contribution in [0.2, 0.25) is 0 Å². The van der Waals surface area contributed by atoms with Crippen molar-refractivity contribution in [3.63, 3.8) is 0 Å². The van der Waals surface area contributed by atoms with Gasteiger partial charge in [0.1, 0.15) is 0 Å². The Bertz CT molecular complexity index is 785. The van der Waals surface area contributed by atoms with Crippen LogP contribution in [0.25, 0.3) is 0 Å². The molecule has 1 fully saturated rings. The van der Waals surface area contributed by atoms with E-state index in [4.69, 9.17) is 4.55 Å². The quantitative estimate of drug-likeness (QED) is 0.220. The van der Waals surface area contributed by atoms with E-state index in [1.165, 1.54) is 19.1 Å². The lowest BCUT2D eigenvalue weighted by Crippen LogP contribution is -2.74. The monoisotopic (exact) mass is 550 g/mol. The molecule has 1 aromatic carbocycles. The summed E-state index contributed by atoms with van der Waals surface area (Å²) in [6, 6.07) is 7.42. The van der Waals surface area contributed by atoms with Crippen LogP contribution in [0, 0.1) is 0 Å². The predicted molar refractivity (Wildman–Crippen MR) is 96.9 cm³/mol. The number of halogens is 8. The molecule has 1 N–H and O–H groups in total. The Kier molecular flexibility index (Phi) is 7.16. The van der Waals surface area contributed by atoms with Gasteiger partial charge in [0, 0.05) is 0 Å². The predicted octanol–water partition coefficient (Wildman–Crippen LogP) is 5.93. The molecule has 0 heterocycles. The molecule has 0 radical (unpaired) electrons.